The lowest BCUT2D eigenvalue weighted by atomic mass is 10.1. The maximum absolute atomic E-state index is 12.8. The molecule has 1 amide bonds. The molecule has 0 fully saturated rings. The fourth-order valence-corrected chi connectivity index (χ4v) is 3.94. The molecule has 4 rings (SSSR count). The van der Waals surface area contributed by atoms with Gasteiger partial charge < -0.3 is 9.88 Å². The summed E-state index contributed by atoms with van der Waals surface area (Å²) in [6, 6.07) is 18.3. The first kappa shape index (κ1) is 17.5. The number of amides is 1. The van der Waals surface area contributed by atoms with Crippen molar-refractivity contribution < 1.29 is 4.79 Å². The molecule has 2 aromatic carbocycles. The normalized spacial score (nSPS) is 11.0. The molecule has 27 heavy (non-hydrogen) atoms. The number of benzene rings is 2. The lowest BCUT2D eigenvalue weighted by Crippen LogP contribution is -2.22. The minimum atomic E-state index is -0.0657. The van der Waals surface area contributed by atoms with Gasteiger partial charge in [0, 0.05) is 29.0 Å². The number of thiazole rings is 1. The Morgan fingerprint density at radius 1 is 1.11 bits per heavy atom. The van der Waals surface area contributed by atoms with Gasteiger partial charge in [-0.2, -0.15) is 0 Å². The van der Waals surface area contributed by atoms with Crippen molar-refractivity contribution in [3.8, 4) is 0 Å². The van der Waals surface area contributed by atoms with E-state index in [0.29, 0.717) is 12.1 Å². The first-order valence-electron chi connectivity index (χ1n) is 9.08. The number of nitrogens with zero attached hydrogens (tertiary/aromatic N) is 2. The van der Waals surface area contributed by atoms with Gasteiger partial charge in [0.25, 0.3) is 5.91 Å². The fraction of sp³-hybridized carbons (Fsp3) is 0.182. The van der Waals surface area contributed by atoms with Crippen LogP contribution < -0.4 is 5.32 Å². The van der Waals surface area contributed by atoms with Crippen molar-refractivity contribution >= 4 is 28.1 Å². The zero-order valence-electron chi connectivity index (χ0n) is 15.2. The topological polar surface area (TPSA) is 46.9 Å². The lowest BCUT2D eigenvalue weighted by molar-refractivity contribution is 0.0952. The highest BCUT2D eigenvalue weighted by Gasteiger charge is 2.15. The minimum absolute atomic E-state index is 0.0657. The number of aryl methyl sites for hydroxylation is 1. The molecule has 0 aliphatic rings. The summed E-state index contributed by atoms with van der Waals surface area (Å²) < 4.78 is 2.14. The van der Waals surface area contributed by atoms with Crippen LogP contribution in [0.2, 0.25) is 0 Å². The van der Waals surface area contributed by atoms with Crippen LogP contribution in [-0.4, -0.2) is 15.5 Å². The van der Waals surface area contributed by atoms with Crippen LogP contribution in [0.1, 0.15) is 33.5 Å². The summed E-state index contributed by atoms with van der Waals surface area (Å²) in [6.45, 7) is 3.27. The second-order valence-corrected chi connectivity index (χ2v) is 7.38. The Hall–Kier alpha value is -2.92. The molecule has 0 radical (unpaired) electrons. The number of hydrogen-bond acceptors (Lipinski definition) is 3. The van der Waals surface area contributed by atoms with Crippen LogP contribution in [0.4, 0.5) is 0 Å². The molecule has 0 aliphatic heterocycles. The van der Waals surface area contributed by atoms with Crippen molar-refractivity contribution in [1.29, 1.82) is 0 Å². The summed E-state index contributed by atoms with van der Waals surface area (Å²) in [4.78, 5) is 17.3. The molecule has 0 aliphatic carbocycles. The van der Waals surface area contributed by atoms with Crippen molar-refractivity contribution in [2.24, 2.45) is 0 Å². The number of aromatic nitrogens is 2. The molecule has 136 valence electrons. The molecule has 5 heteroatoms. The van der Waals surface area contributed by atoms with Gasteiger partial charge in [-0.05, 0) is 18.1 Å². The molecule has 2 heterocycles. The Morgan fingerprint density at radius 3 is 2.67 bits per heavy atom. The van der Waals surface area contributed by atoms with Gasteiger partial charge in [-0.15, -0.1) is 11.3 Å². The molecule has 1 N–H and O–H groups in total. The third-order valence-corrected chi connectivity index (χ3v) is 5.60. The third kappa shape index (κ3) is 3.78. The number of carbonyl (C=O) groups excluding carboxylic acids is 1. The van der Waals surface area contributed by atoms with E-state index in [2.05, 4.69) is 40.0 Å². The molecule has 0 spiro atoms. The summed E-state index contributed by atoms with van der Waals surface area (Å²) in [5, 5.41) is 7.09. The molecule has 0 atom stereocenters. The Bertz CT molecular complexity index is 1070. The third-order valence-electron chi connectivity index (χ3n) is 4.56. The van der Waals surface area contributed by atoms with Gasteiger partial charge in [0.05, 0.1) is 22.8 Å². The van der Waals surface area contributed by atoms with Gasteiger partial charge in [-0.25, -0.2) is 4.98 Å². The summed E-state index contributed by atoms with van der Waals surface area (Å²) >= 11 is 1.64. The summed E-state index contributed by atoms with van der Waals surface area (Å²) in [5.74, 6) is -0.0657. The Labute approximate surface area is 162 Å². The highest BCUT2D eigenvalue weighted by molar-refractivity contribution is 7.09. The first-order valence-corrected chi connectivity index (χ1v) is 9.96. The van der Waals surface area contributed by atoms with Gasteiger partial charge in [-0.3, -0.25) is 4.79 Å². The number of nitrogens with one attached hydrogen (secondary N) is 1. The molecule has 0 unspecified atom stereocenters. The molecule has 2 aromatic heterocycles. The maximum Gasteiger partial charge on any atom is 0.253 e. The van der Waals surface area contributed by atoms with Crippen LogP contribution in [0.5, 0.6) is 0 Å². The number of hydrogen-bond donors (Lipinski definition) is 1. The number of fused-ring (bicyclic) bond motifs is 1. The van der Waals surface area contributed by atoms with Crippen molar-refractivity contribution in [2.45, 2.75) is 26.4 Å². The molecule has 4 nitrogen and oxygen atoms in total. The van der Waals surface area contributed by atoms with Crippen LogP contribution in [0, 0.1) is 0 Å². The number of carbonyl (C=O) groups is 1. The zero-order valence-corrected chi connectivity index (χ0v) is 16.0. The van der Waals surface area contributed by atoms with Crippen LogP contribution in [-0.2, 0) is 19.5 Å². The molecular formula is C22H21N3OS. The van der Waals surface area contributed by atoms with E-state index in [-0.39, 0.29) is 5.91 Å². The van der Waals surface area contributed by atoms with E-state index in [4.69, 9.17) is 0 Å². The predicted molar refractivity (Wildman–Crippen MR) is 110 cm³/mol. The standard InChI is InChI=1S/C22H21N3OS/c1-2-21-24-17(15-27-21)12-23-22(26)19-14-25(13-16-8-4-3-5-9-16)20-11-7-6-10-18(19)20/h3-11,14-15H,2,12-13H2,1H3,(H,23,26). The van der Waals surface area contributed by atoms with Crippen molar-refractivity contribution in [1.82, 2.24) is 14.9 Å². The van der Waals surface area contributed by atoms with Crippen LogP contribution in [0.3, 0.4) is 0 Å². The zero-order chi connectivity index (χ0) is 18.6. The molecule has 0 saturated carbocycles. The van der Waals surface area contributed by atoms with Crippen molar-refractivity contribution in [3.05, 3.63) is 88.0 Å². The van der Waals surface area contributed by atoms with E-state index in [9.17, 15) is 4.79 Å². The van der Waals surface area contributed by atoms with Crippen molar-refractivity contribution in [2.75, 3.05) is 0 Å². The van der Waals surface area contributed by atoms with E-state index in [1.54, 1.807) is 11.3 Å². The van der Waals surface area contributed by atoms with Crippen LogP contribution in [0.25, 0.3) is 10.9 Å². The SMILES string of the molecule is CCc1nc(CNC(=O)c2cn(Cc3ccccc3)c3ccccc23)cs1. The predicted octanol–water partition coefficient (Wildman–Crippen LogP) is 4.64. The van der Waals surface area contributed by atoms with Crippen LogP contribution >= 0.6 is 11.3 Å². The van der Waals surface area contributed by atoms with E-state index in [0.717, 1.165) is 34.6 Å². The number of para-hydroxylation sites is 1. The quantitative estimate of drug-likeness (QED) is 0.534. The Balaban J connectivity index is 1.58. The van der Waals surface area contributed by atoms with Gasteiger partial charge in [0.2, 0.25) is 0 Å². The van der Waals surface area contributed by atoms with Crippen LogP contribution in [0.15, 0.2) is 66.2 Å². The van der Waals surface area contributed by atoms with E-state index in [1.807, 2.05) is 48.0 Å². The second-order valence-electron chi connectivity index (χ2n) is 6.44. The van der Waals surface area contributed by atoms with Gasteiger partial charge >= 0.3 is 0 Å². The summed E-state index contributed by atoms with van der Waals surface area (Å²) in [5.41, 5.74) is 3.89. The molecular weight excluding hydrogens is 354 g/mol. The molecule has 0 bridgehead atoms. The first-order chi connectivity index (χ1) is 13.2. The Kier molecular flexibility index (Phi) is 5.03. The molecule has 0 saturated heterocycles. The monoisotopic (exact) mass is 375 g/mol. The van der Waals surface area contributed by atoms with Gasteiger partial charge in [-0.1, -0.05) is 55.5 Å². The maximum atomic E-state index is 12.8. The second kappa shape index (κ2) is 7.76. The van der Waals surface area contributed by atoms with E-state index < -0.39 is 0 Å². The van der Waals surface area contributed by atoms with Crippen molar-refractivity contribution in [3.63, 3.8) is 0 Å². The fourth-order valence-electron chi connectivity index (χ4n) is 3.20. The summed E-state index contributed by atoms with van der Waals surface area (Å²) in [6.07, 6.45) is 2.87. The highest BCUT2D eigenvalue weighted by Crippen LogP contribution is 2.22. The largest absolute Gasteiger partial charge is 0.346 e. The number of rotatable bonds is 6. The van der Waals surface area contributed by atoms with Gasteiger partial charge in [0.15, 0.2) is 0 Å². The van der Waals surface area contributed by atoms with Gasteiger partial charge in [0.1, 0.15) is 0 Å². The average Bonchev–Trinajstić information content (AvgIpc) is 3.32. The smallest absolute Gasteiger partial charge is 0.253 e. The minimum Gasteiger partial charge on any atom is -0.346 e. The highest BCUT2D eigenvalue weighted by atomic mass is 32.1. The lowest BCUT2D eigenvalue weighted by Gasteiger charge is -2.05. The summed E-state index contributed by atoms with van der Waals surface area (Å²) in [7, 11) is 0. The van der Waals surface area contributed by atoms with E-state index in [1.165, 1.54) is 5.56 Å². The molecule has 4 aromatic rings. The van der Waals surface area contributed by atoms with E-state index >= 15 is 0 Å². The average molecular weight is 375 g/mol. The Morgan fingerprint density at radius 2 is 1.89 bits per heavy atom.